The van der Waals surface area contributed by atoms with Crippen LogP contribution in [0.15, 0.2) is 58.4 Å². The minimum absolute atomic E-state index is 0.0352. The van der Waals surface area contributed by atoms with E-state index in [1.807, 2.05) is 64.2 Å². The van der Waals surface area contributed by atoms with Gasteiger partial charge < -0.3 is 27.5 Å². The number of hydrogen-bond acceptors (Lipinski definition) is 5. The van der Waals surface area contributed by atoms with Gasteiger partial charge in [0.1, 0.15) is 11.5 Å². The third-order valence-corrected chi connectivity index (χ3v) is 7.73. The van der Waals surface area contributed by atoms with Gasteiger partial charge in [0.05, 0.1) is 10.7 Å². The number of aromatic nitrogens is 3. The molecule has 0 amide bonds. The summed E-state index contributed by atoms with van der Waals surface area (Å²) in [6.45, 7) is 16.5. The molecule has 0 aliphatic heterocycles. The first-order chi connectivity index (χ1) is 21.5. The number of fused-ring (bicyclic) bond motifs is 1. The number of hydrogen-bond donors (Lipinski definition) is 5. The molecule has 0 spiro atoms. The fourth-order valence-electron chi connectivity index (χ4n) is 4.73. The van der Waals surface area contributed by atoms with Crippen LogP contribution in [0.4, 0.5) is 4.39 Å². The Labute approximate surface area is 276 Å². The van der Waals surface area contributed by atoms with Gasteiger partial charge in [0.2, 0.25) is 0 Å². The summed E-state index contributed by atoms with van der Waals surface area (Å²) in [7, 11) is 0. The number of halogens is 2. The van der Waals surface area contributed by atoms with Gasteiger partial charge in [-0.2, -0.15) is 4.98 Å². The molecular weight excluding hydrogens is 603 g/mol. The fraction of sp³-hybridized carbons (Fsp3) is 0.457. The lowest BCUT2D eigenvalue weighted by atomic mass is 9.85. The zero-order valence-corrected chi connectivity index (χ0v) is 28.9. The highest BCUT2D eigenvalue weighted by molar-refractivity contribution is 6.30. The van der Waals surface area contributed by atoms with Crippen LogP contribution in [-0.2, 0) is 23.8 Å². The van der Waals surface area contributed by atoms with Crippen LogP contribution < -0.4 is 28.2 Å². The molecule has 250 valence electrons. The van der Waals surface area contributed by atoms with Crippen molar-refractivity contribution in [2.75, 3.05) is 13.1 Å². The molecule has 11 heteroatoms. The maximum absolute atomic E-state index is 13.9. The molecule has 4 rings (SSSR count). The van der Waals surface area contributed by atoms with Gasteiger partial charge in [-0.3, -0.25) is 9.56 Å². The SMILES string of the molecule is CC(C)(C)c1cc2cn(-c3ccc(CNCCCN=C(N)N)cc3)c(=O)nc2[nH]1.C[C@H](N)CCc1cc(Cl)c(F)c(C(C)(C)C)c1. The maximum Gasteiger partial charge on any atom is 0.354 e. The predicted octanol–water partition coefficient (Wildman–Crippen LogP) is 5.82. The zero-order chi connectivity index (χ0) is 34.2. The fourth-order valence-corrected chi connectivity index (χ4v) is 4.97. The number of guanidine groups is 1. The Morgan fingerprint density at radius 1 is 1.07 bits per heavy atom. The van der Waals surface area contributed by atoms with Crippen molar-refractivity contribution in [1.29, 1.82) is 0 Å². The molecule has 0 aliphatic carbocycles. The second-order valence-corrected chi connectivity index (χ2v) is 14.2. The average molecular weight is 653 g/mol. The number of H-pyrrole nitrogens is 1. The highest BCUT2D eigenvalue weighted by atomic mass is 35.5. The second-order valence-electron chi connectivity index (χ2n) is 13.8. The highest BCUT2D eigenvalue weighted by Crippen LogP contribution is 2.31. The van der Waals surface area contributed by atoms with Crippen LogP contribution in [0.25, 0.3) is 16.7 Å². The second kappa shape index (κ2) is 15.7. The number of aliphatic imine (C=N–C) groups is 1. The summed E-state index contributed by atoms with van der Waals surface area (Å²) in [6.07, 6.45) is 4.42. The van der Waals surface area contributed by atoms with Gasteiger partial charge in [-0.05, 0) is 79.1 Å². The van der Waals surface area contributed by atoms with Crippen LogP contribution >= 0.6 is 11.6 Å². The van der Waals surface area contributed by atoms with Gasteiger partial charge in [-0.25, -0.2) is 9.18 Å². The first kappa shape index (κ1) is 36.7. The zero-order valence-electron chi connectivity index (χ0n) is 28.2. The number of benzene rings is 2. The molecule has 0 saturated carbocycles. The molecule has 0 aliphatic rings. The Balaban J connectivity index is 0.000000289. The van der Waals surface area contributed by atoms with Crippen LogP contribution in [0, 0.1) is 5.82 Å². The van der Waals surface area contributed by atoms with Crippen LogP contribution in [0.2, 0.25) is 5.02 Å². The molecule has 1 atom stereocenters. The molecular formula is C35H50ClFN8O. The van der Waals surface area contributed by atoms with Crippen molar-refractivity contribution in [2.45, 2.75) is 91.1 Å². The molecule has 0 radical (unpaired) electrons. The maximum atomic E-state index is 13.9. The van der Waals surface area contributed by atoms with E-state index < -0.39 is 0 Å². The number of aromatic amines is 1. The largest absolute Gasteiger partial charge is 0.370 e. The van der Waals surface area contributed by atoms with Gasteiger partial charge in [-0.15, -0.1) is 0 Å². The quantitative estimate of drug-likeness (QED) is 0.0827. The lowest BCUT2D eigenvalue weighted by Crippen LogP contribution is -2.23. The summed E-state index contributed by atoms with van der Waals surface area (Å²) in [6, 6.07) is 13.7. The average Bonchev–Trinajstić information content (AvgIpc) is 3.38. The summed E-state index contributed by atoms with van der Waals surface area (Å²) in [5, 5.41) is 4.47. The summed E-state index contributed by atoms with van der Waals surface area (Å²) in [5.74, 6) is -0.179. The summed E-state index contributed by atoms with van der Waals surface area (Å²) in [5.41, 5.74) is 21.1. The number of nitrogens with two attached hydrogens (primary N) is 3. The van der Waals surface area contributed by atoms with Crippen molar-refractivity contribution in [2.24, 2.45) is 22.2 Å². The minimum atomic E-state index is -0.302. The monoisotopic (exact) mass is 652 g/mol. The van der Waals surface area contributed by atoms with Gasteiger partial charge in [0.15, 0.2) is 5.96 Å². The first-order valence-corrected chi connectivity index (χ1v) is 16.1. The first-order valence-electron chi connectivity index (χ1n) is 15.7. The number of nitrogens with zero attached hydrogens (tertiary/aromatic N) is 3. The van der Waals surface area contributed by atoms with Crippen molar-refractivity contribution in [3.63, 3.8) is 0 Å². The Hall–Kier alpha value is -3.73. The molecule has 9 nitrogen and oxygen atoms in total. The standard InChI is InChI=1S/C21H29N7O.C14H21ClFN/c1-21(2,3)17-11-15-13-28(20(29)27-18(15)26-17)16-7-5-14(6-8-16)12-24-9-4-10-25-19(22)23;1-9(17)5-6-10-7-11(14(2,3)4)13(16)12(15)8-10/h5-8,11,13,24H,4,9-10,12H2,1-3H3,(H4,22,23,25)(H,26,27,29);7-9H,5-6,17H2,1-4H3/t;9-/m.0/s1. The van der Waals surface area contributed by atoms with Gasteiger partial charge in [-0.1, -0.05) is 71.3 Å². The van der Waals surface area contributed by atoms with E-state index in [-0.39, 0.29) is 39.4 Å². The van der Waals surface area contributed by atoms with E-state index in [1.165, 1.54) is 0 Å². The Morgan fingerprint density at radius 2 is 1.74 bits per heavy atom. The van der Waals surface area contributed by atoms with Gasteiger partial charge in [0, 0.05) is 41.8 Å². The molecule has 0 fully saturated rings. The molecule has 46 heavy (non-hydrogen) atoms. The lowest BCUT2D eigenvalue weighted by molar-refractivity contribution is 0.521. The Morgan fingerprint density at radius 3 is 2.33 bits per heavy atom. The van der Waals surface area contributed by atoms with Crippen LogP contribution in [0.5, 0.6) is 0 Å². The van der Waals surface area contributed by atoms with Crippen molar-refractivity contribution >= 4 is 28.6 Å². The van der Waals surface area contributed by atoms with E-state index in [1.54, 1.807) is 10.6 Å². The third kappa shape index (κ3) is 10.7. The molecule has 0 bridgehead atoms. The molecule has 0 unspecified atom stereocenters. The summed E-state index contributed by atoms with van der Waals surface area (Å²) in [4.78, 5) is 23.9. The van der Waals surface area contributed by atoms with E-state index in [0.29, 0.717) is 17.8 Å². The number of nitrogens with one attached hydrogen (secondary N) is 2. The molecule has 2 aromatic carbocycles. The molecule has 4 aromatic rings. The Bertz CT molecular complexity index is 1670. The van der Waals surface area contributed by atoms with E-state index >= 15 is 0 Å². The minimum Gasteiger partial charge on any atom is -0.370 e. The van der Waals surface area contributed by atoms with Gasteiger partial charge >= 0.3 is 5.69 Å². The topological polar surface area (TPSA) is 153 Å². The van der Waals surface area contributed by atoms with E-state index in [2.05, 4.69) is 47.1 Å². The van der Waals surface area contributed by atoms with Crippen LogP contribution in [-0.4, -0.2) is 39.6 Å². The smallest absolute Gasteiger partial charge is 0.354 e. The highest BCUT2D eigenvalue weighted by Gasteiger charge is 2.21. The predicted molar refractivity (Wildman–Crippen MR) is 189 cm³/mol. The van der Waals surface area contributed by atoms with E-state index in [4.69, 9.17) is 28.8 Å². The third-order valence-electron chi connectivity index (χ3n) is 7.45. The summed E-state index contributed by atoms with van der Waals surface area (Å²) >= 11 is 5.93. The van der Waals surface area contributed by atoms with Crippen molar-refractivity contribution in [1.82, 2.24) is 19.9 Å². The molecule has 0 saturated heterocycles. The molecule has 8 N–H and O–H groups in total. The molecule has 2 heterocycles. The normalized spacial score (nSPS) is 12.5. The number of aryl methyl sites for hydroxylation is 1. The van der Waals surface area contributed by atoms with E-state index in [0.717, 1.165) is 60.2 Å². The van der Waals surface area contributed by atoms with Crippen molar-refractivity contribution in [3.8, 4) is 5.69 Å². The van der Waals surface area contributed by atoms with Crippen LogP contribution in [0.3, 0.4) is 0 Å². The number of rotatable bonds is 10. The van der Waals surface area contributed by atoms with Gasteiger partial charge in [0.25, 0.3) is 0 Å². The van der Waals surface area contributed by atoms with E-state index in [9.17, 15) is 9.18 Å². The lowest BCUT2D eigenvalue weighted by Gasteiger charge is -2.21. The molecule has 2 aromatic heterocycles. The van der Waals surface area contributed by atoms with Crippen molar-refractivity contribution in [3.05, 3.63) is 92.4 Å². The van der Waals surface area contributed by atoms with Crippen LogP contribution in [0.1, 0.15) is 83.7 Å². The summed E-state index contributed by atoms with van der Waals surface area (Å²) < 4.78 is 15.5. The van der Waals surface area contributed by atoms with Crippen molar-refractivity contribution < 1.29 is 4.39 Å². The Kier molecular flexibility index (Phi) is 12.5.